The summed E-state index contributed by atoms with van der Waals surface area (Å²) in [7, 11) is 1.60. The highest BCUT2D eigenvalue weighted by Gasteiger charge is 2.31. The first-order valence-corrected chi connectivity index (χ1v) is 7.71. The smallest absolute Gasteiger partial charge is 0.228 e. The highest BCUT2D eigenvalue weighted by molar-refractivity contribution is 5.85. The highest BCUT2D eigenvalue weighted by atomic mass is 35.5. The van der Waals surface area contributed by atoms with Crippen LogP contribution in [0.2, 0.25) is 0 Å². The number of nitrogens with zero attached hydrogens (tertiary/aromatic N) is 2. The number of piperazine rings is 1. The molecule has 0 atom stereocenters. The fourth-order valence-electron chi connectivity index (χ4n) is 2.96. The lowest BCUT2D eigenvalue weighted by atomic mass is 10.0. The van der Waals surface area contributed by atoms with Gasteiger partial charge in [-0.2, -0.15) is 0 Å². The lowest BCUT2D eigenvalue weighted by molar-refractivity contribution is -0.138. The highest BCUT2D eigenvalue weighted by Crippen LogP contribution is 2.22. The number of carbonyl (C=O) groups excluding carboxylic acids is 1. The molecular formula is C16H23ClFN3O2. The Labute approximate surface area is 142 Å². The molecule has 0 bridgehead atoms. The molecule has 0 radical (unpaired) electrons. The number of methoxy groups -OCH3 is 1. The maximum atomic E-state index is 13.4. The van der Waals surface area contributed by atoms with Gasteiger partial charge in [0.1, 0.15) is 11.6 Å². The Morgan fingerprint density at radius 3 is 2.57 bits per heavy atom. The van der Waals surface area contributed by atoms with Gasteiger partial charge >= 0.3 is 0 Å². The molecule has 2 saturated heterocycles. The van der Waals surface area contributed by atoms with E-state index >= 15 is 0 Å². The summed E-state index contributed by atoms with van der Waals surface area (Å²) in [5, 5.41) is 3.13. The van der Waals surface area contributed by atoms with E-state index in [4.69, 9.17) is 4.74 Å². The first kappa shape index (κ1) is 18.0. The fraction of sp³-hybridized carbons (Fsp3) is 0.562. The lowest BCUT2D eigenvalue weighted by Crippen LogP contribution is -2.56. The first-order chi connectivity index (χ1) is 10.7. The average molecular weight is 344 g/mol. The van der Waals surface area contributed by atoms with Crippen molar-refractivity contribution < 1.29 is 13.9 Å². The van der Waals surface area contributed by atoms with Crippen molar-refractivity contribution in [2.75, 3.05) is 46.4 Å². The Kier molecular flexibility index (Phi) is 6.21. The first-order valence-electron chi connectivity index (χ1n) is 7.71. The van der Waals surface area contributed by atoms with Gasteiger partial charge in [-0.3, -0.25) is 9.69 Å². The number of benzene rings is 1. The van der Waals surface area contributed by atoms with Gasteiger partial charge in [0.25, 0.3) is 0 Å². The Bertz CT molecular complexity index is 546. The van der Waals surface area contributed by atoms with Crippen molar-refractivity contribution in [3.63, 3.8) is 0 Å². The molecule has 0 unspecified atom stereocenters. The Morgan fingerprint density at radius 2 is 2.00 bits per heavy atom. The van der Waals surface area contributed by atoms with E-state index in [1.807, 2.05) is 4.90 Å². The normalized spacial score (nSPS) is 19.0. The van der Waals surface area contributed by atoms with Crippen molar-refractivity contribution in [3.8, 4) is 5.75 Å². The molecule has 1 amide bonds. The van der Waals surface area contributed by atoms with E-state index in [0.717, 1.165) is 44.8 Å². The van der Waals surface area contributed by atoms with Crippen LogP contribution in [0.15, 0.2) is 18.2 Å². The molecule has 0 aromatic heterocycles. The number of amides is 1. The van der Waals surface area contributed by atoms with E-state index in [1.54, 1.807) is 13.2 Å². The second kappa shape index (κ2) is 7.95. The van der Waals surface area contributed by atoms with Gasteiger partial charge in [-0.1, -0.05) is 0 Å². The summed E-state index contributed by atoms with van der Waals surface area (Å²) in [5.41, 5.74) is 0.852. The summed E-state index contributed by atoms with van der Waals surface area (Å²) in [6, 6.07) is 4.59. The summed E-state index contributed by atoms with van der Waals surface area (Å²) in [4.78, 5) is 16.4. The third-order valence-corrected chi connectivity index (χ3v) is 4.45. The molecule has 0 spiro atoms. The summed E-state index contributed by atoms with van der Waals surface area (Å²) < 4.78 is 18.7. The zero-order chi connectivity index (χ0) is 15.5. The zero-order valence-electron chi connectivity index (χ0n) is 13.3. The van der Waals surface area contributed by atoms with Crippen LogP contribution in [0.1, 0.15) is 5.56 Å². The van der Waals surface area contributed by atoms with E-state index in [0.29, 0.717) is 12.3 Å². The van der Waals surface area contributed by atoms with Gasteiger partial charge in [-0.15, -0.1) is 12.4 Å². The lowest BCUT2D eigenvalue weighted by Gasteiger charge is -2.38. The third kappa shape index (κ3) is 4.13. The quantitative estimate of drug-likeness (QED) is 0.890. The molecule has 2 aliphatic heterocycles. The van der Waals surface area contributed by atoms with Crippen LogP contribution in [0.3, 0.4) is 0 Å². The average Bonchev–Trinajstić information content (AvgIpc) is 2.46. The Balaban J connectivity index is 0.00000192. The van der Waals surface area contributed by atoms with Crippen molar-refractivity contribution in [2.45, 2.75) is 6.54 Å². The Hall–Kier alpha value is -1.37. The second-order valence-corrected chi connectivity index (χ2v) is 5.91. The van der Waals surface area contributed by atoms with Gasteiger partial charge in [-0.25, -0.2) is 4.39 Å². The molecule has 1 aromatic rings. The minimum atomic E-state index is -0.248. The minimum absolute atomic E-state index is 0. The SMILES string of the molecule is COc1ccc(F)cc1CN1CCN(C(=O)C2CNC2)CC1.Cl. The molecule has 0 saturated carbocycles. The molecule has 7 heteroatoms. The van der Waals surface area contributed by atoms with Crippen LogP contribution >= 0.6 is 12.4 Å². The number of hydrogen-bond acceptors (Lipinski definition) is 4. The van der Waals surface area contributed by atoms with Gasteiger partial charge in [0.2, 0.25) is 5.91 Å². The third-order valence-electron chi connectivity index (χ3n) is 4.45. The van der Waals surface area contributed by atoms with Crippen LogP contribution in [-0.4, -0.2) is 62.1 Å². The van der Waals surface area contributed by atoms with E-state index < -0.39 is 0 Å². The van der Waals surface area contributed by atoms with Gasteiger partial charge in [-0.05, 0) is 18.2 Å². The molecule has 2 heterocycles. The van der Waals surface area contributed by atoms with Gasteiger partial charge < -0.3 is 15.0 Å². The van der Waals surface area contributed by atoms with Crippen LogP contribution in [0, 0.1) is 11.7 Å². The van der Waals surface area contributed by atoms with Crippen molar-refractivity contribution in [1.29, 1.82) is 0 Å². The number of halogens is 2. The van der Waals surface area contributed by atoms with Crippen LogP contribution < -0.4 is 10.1 Å². The summed E-state index contributed by atoms with van der Waals surface area (Å²) >= 11 is 0. The van der Waals surface area contributed by atoms with E-state index in [-0.39, 0.29) is 30.0 Å². The number of rotatable bonds is 4. The maximum absolute atomic E-state index is 13.4. The molecule has 1 aromatic carbocycles. The monoisotopic (exact) mass is 343 g/mol. The minimum Gasteiger partial charge on any atom is -0.496 e. The standard InChI is InChI=1S/C16H22FN3O2.ClH/c1-22-15-3-2-14(17)8-12(15)11-19-4-6-20(7-5-19)16(21)13-9-18-10-13;/h2-3,8,13,18H,4-7,9-11H2,1H3;1H. The summed E-state index contributed by atoms with van der Waals surface area (Å²) in [6.07, 6.45) is 0. The maximum Gasteiger partial charge on any atom is 0.228 e. The largest absolute Gasteiger partial charge is 0.496 e. The molecular weight excluding hydrogens is 321 g/mol. The molecule has 128 valence electrons. The summed E-state index contributed by atoms with van der Waals surface area (Å²) in [6.45, 7) is 5.37. The van der Waals surface area contributed by atoms with Gasteiger partial charge in [0, 0.05) is 51.4 Å². The second-order valence-electron chi connectivity index (χ2n) is 5.91. The van der Waals surface area contributed by atoms with E-state index in [9.17, 15) is 9.18 Å². The van der Waals surface area contributed by atoms with Crippen molar-refractivity contribution >= 4 is 18.3 Å². The van der Waals surface area contributed by atoms with Crippen molar-refractivity contribution in [1.82, 2.24) is 15.1 Å². The molecule has 1 N–H and O–H groups in total. The number of carbonyl (C=O) groups is 1. The van der Waals surface area contributed by atoms with Crippen molar-refractivity contribution in [2.24, 2.45) is 5.92 Å². The van der Waals surface area contributed by atoms with Crippen LogP contribution in [0.4, 0.5) is 4.39 Å². The van der Waals surface area contributed by atoms with Gasteiger partial charge in [0.05, 0.1) is 13.0 Å². The number of ether oxygens (including phenoxy) is 1. The van der Waals surface area contributed by atoms with Crippen molar-refractivity contribution in [3.05, 3.63) is 29.6 Å². The molecule has 5 nitrogen and oxygen atoms in total. The molecule has 23 heavy (non-hydrogen) atoms. The number of hydrogen-bond donors (Lipinski definition) is 1. The molecule has 2 fully saturated rings. The zero-order valence-corrected chi connectivity index (χ0v) is 14.1. The van der Waals surface area contributed by atoms with Crippen LogP contribution in [0.5, 0.6) is 5.75 Å². The van der Waals surface area contributed by atoms with Crippen LogP contribution in [-0.2, 0) is 11.3 Å². The van der Waals surface area contributed by atoms with Crippen LogP contribution in [0.25, 0.3) is 0 Å². The molecule has 2 aliphatic rings. The predicted octanol–water partition coefficient (Wildman–Crippen LogP) is 1.12. The molecule has 0 aliphatic carbocycles. The van der Waals surface area contributed by atoms with E-state index in [2.05, 4.69) is 10.2 Å². The topological polar surface area (TPSA) is 44.8 Å². The summed E-state index contributed by atoms with van der Waals surface area (Å²) in [5.74, 6) is 0.888. The van der Waals surface area contributed by atoms with E-state index in [1.165, 1.54) is 12.1 Å². The Morgan fingerprint density at radius 1 is 1.30 bits per heavy atom. The molecule has 3 rings (SSSR count). The number of nitrogens with one attached hydrogen (secondary N) is 1. The fourth-order valence-corrected chi connectivity index (χ4v) is 2.96. The predicted molar refractivity (Wildman–Crippen MR) is 88.4 cm³/mol. The van der Waals surface area contributed by atoms with Gasteiger partial charge in [0.15, 0.2) is 0 Å².